The number of aliphatic hydroxyl groups is 1. The lowest BCUT2D eigenvalue weighted by Crippen LogP contribution is -2.52. The van der Waals surface area contributed by atoms with Gasteiger partial charge in [-0.15, -0.1) is 0 Å². The number of aliphatic hydroxyl groups excluding tert-OH is 1. The van der Waals surface area contributed by atoms with Crippen molar-refractivity contribution in [2.75, 3.05) is 32.8 Å². The molecule has 3 N–H and O–H groups in total. The normalized spacial score (nSPS) is 23.0. The zero-order valence-corrected chi connectivity index (χ0v) is 21.0. The molecule has 1 aliphatic carbocycles. The van der Waals surface area contributed by atoms with Crippen molar-refractivity contribution in [1.29, 1.82) is 0 Å². The Hall–Kier alpha value is -3.40. The zero-order valence-electron chi connectivity index (χ0n) is 20.2. The van der Waals surface area contributed by atoms with E-state index in [1.807, 2.05) is 0 Å². The van der Waals surface area contributed by atoms with Crippen LogP contribution >= 0.6 is 11.6 Å². The molecule has 0 saturated carbocycles. The Balaban J connectivity index is 1.57. The molecule has 0 radical (unpaired) electrons. The van der Waals surface area contributed by atoms with Gasteiger partial charge < -0.3 is 30.0 Å². The van der Waals surface area contributed by atoms with Crippen molar-refractivity contribution in [3.05, 3.63) is 82.7 Å². The highest BCUT2D eigenvalue weighted by Crippen LogP contribution is 2.36. The van der Waals surface area contributed by atoms with E-state index in [0.29, 0.717) is 29.1 Å². The van der Waals surface area contributed by atoms with Crippen LogP contribution in [0.2, 0.25) is 0 Å². The second-order valence-electron chi connectivity index (χ2n) is 8.89. The molecule has 1 aromatic rings. The molecule has 2 atom stereocenters. The second-order valence-corrected chi connectivity index (χ2v) is 9.33. The van der Waals surface area contributed by atoms with E-state index in [0.717, 1.165) is 19.5 Å². The number of fused-ring (bicyclic) bond motifs is 1. The molecule has 2 heterocycles. The summed E-state index contributed by atoms with van der Waals surface area (Å²) in [5.41, 5.74) is 0.951. The number of hydrogen-bond acceptors (Lipinski definition) is 7. The summed E-state index contributed by atoms with van der Waals surface area (Å²) in [4.78, 5) is 15.4. The van der Waals surface area contributed by atoms with Gasteiger partial charge >= 0.3 is 0 Å². The highest BCUT2D eigenvalue weighted by molar-refractivity contribution is 6.46. The van der Waals surface area contributed by atoms with Gasteiger partial charge in [-0.1, -0.05) is 47.6 Å². The van der Waals surface area contributed by atoms with Crippen LogP contribution in [-0.4, -0.2) is 65.7 Å². The van der Waals surface area contributed by atoms with Crippen molar-refractivity contribution in [1.82, 2.24) is 10.2 Å². The number of benzene rings is 1. The van der Waals surface area contributed by atoms with Gasteiger partial charge in [0, 0.05) is 17.2 Å². The number of allylic oxidation sites excluding steroid dienone is 8. The van der Waals surface area contributed by atoms with Crippen molar-refractivity contribution < 1.29 is 29.0 Å². The maximum atomic E-state index is 14.7. The molecular formula is C27H29ClFN3O5. The minimum Gasteiger partial charge on any atom is -0.486 e. The fourth-order valence-corrected chi connectivity index (χ4v) is 4.39. The summed E-state index contributed by atoms with van der Waals surface area (Å²) < 4.78 is 25.5. The van der Waals surface area contributed by atoms with E-state index in [4.69, 9.17) is 21.1 Å². The van der Waals surface area contributed by atoms with Crippen molar-refractivity contribution >= 4 is 23.2 Å². The summed E-state index contributed by atoms with van der Waals surface area (Å²) in [6, 6.07) is 1.87. The number of halogens is 2. The Morgan fingerprint density at radius 3 is 2.76 bits per heavy atom. The van der Waals surface area contributed by atoms with Crippen molar-refractivity contribution in [2.45, 2.75) is 25.0 Å². The summed E-state index contributed by atoms with van der Waals surface area (Å²) in [6.07, 6.45) is 10.3. The Kier molecular flexibility index (Phi) is 8.81. The predicted molar refractivity (Wildman–Crippen MR) is 139 cm³/mol. The first kappa shape index (κ1) is 26.7. The van der Waals surface area contributed by atoms with Crippen LogP contribution in [0.5, 0.6) is 11.5 Å². The number of carbonyl (C=O) groups excluding carboxylic acids is 1. The summed E-state index contributed by atoms with van der Waals surface area (Å²) >= 11 is 6.10. The number of hydrogen-bond donors (Lipinski definition) is 3. The third-order valence-corrected chi connectivity index (χ3v) is 6.44. The van der Waals surface area contributed by atoms with Crippen LogP contribution in [0.4, 0.5) is 4.39 Å². The maximum Gasteiger partial charge on any atom is 0.274 e. The Bertz CT molecular complexity index is 1200. The monoisotopic (exact) mass is 529 g/mol. The fourth-order valence-electron chi connectivity index (χ4n) is 4.16. The third kappa shape index (κ3) is 6.68. The first-order valence-electron chi connectivity index (χ1n) is 12.0. The smallest absolute Gasteiger partial charge is 0.274 e. The van der Waals surface area contributed by atoms with E-state index in [2.05, 4.69) is 22.0 Å². The van der Waals surface area contributed by atoms with E-state index in [1.165, 1.54) is 12.1 Å². The van der Waals surface area contributed by atoms with Gasteiger partial charge in [0.1, 0.15) is 19.3 Å². The molecule has 37 heavy (non-hydrogen) atoms. The number of nitrogens with zero attached hydrogens (tertiary/aromatic N) is 2. The van der Waals surface area contributed by atoms with Crippen LogP contribution in [0.1, 0.15) is 24.5 Å². The first-order chi connectivity index (χ1) is 17.9. The van der Waals surface area contributed by atoms with Crippen LogP contribution < -0.4 is 14.8 Å². The van der Waals surface area contributed by atoms with E-state index in [-0.39, 0.29) is 36.0 Å². The van der Waals surface area contributed by atoms with E-state index < -0.39 is 23.9 Å². The molecule has 4 rings (SSSR count). The molecule has 0 aromatic heterocycles. The fraction of sp³-hybridized carbons (Fsp3) is 0.333. The molecule has 1 saturated heterocycles. The molecule has 2 aliphatic heterocycles. The van der Waals surface area contributed by atoms with Crippen LogP contribution in [0.3, 0.4) is 0 Å². The van der Waals surface area contributed by atoms with Crippen molar-refractivity contribution in [2.24, 2.45) is 5.16 Å². The average Bonchev–Trinajstić information content (AvgIpc) is 2.85. The van der Waals surface area contributed by atoms with Crippen molar-refractivity contribution in [3.63, 3.8) is 0 Å². The zero-order chi connectivity index (χ0) is 26.4. The van der Waals surface area contributed by atoms with Gasteiger partial charge in [-0.3, -0.25) is 4.79 Å². The number of carbonyl (C=O) groups is 1. The summed E-state index contributed by atoms with van der Waals surface area (Å²) in [5.74, 6) is -1.15. The Morgan fingerprint density at radius 1 is 1.24 bits per heavy atom. The number of likely N-dealkylation sites (tertiary alicyclic amines) is 1. The van der Waals surface area contributed by atoms with Crippen LogP contribution in [0.15, 0.2) is 76.5 Å². The minimum atomic E-state index is -1.27. The second kappa shape index (κ2) is 12.2. The van der Waals surface area contributed by atoms with Gasteiger partial charge in [0.25, 0.3) is 5.91 Å². The van der Waals surface area contributed by atoms with Crippen LogP contribution in [0, 0.1) is 5.82 Å². The molecule has 0 unspecified atom stereocenters. The summed E-state index contributed by atoms with van der Waals surface area (Å²) in [6.45, 7) is 6.34. The predicted octanol–water partition coefficient (Wildman–Crippen LogP) is 3.77. The Morgan fingerprint density at radius 2 is 2.03 bits per heavy atom. The van der Waals surface area contributed by atoms with Gasteiger partial charge in [0.15, 0.2) is 23.0 Å². The number of rotatable bonds is 7. The SMILES string of the molecule is C=C1C=C(Cl)/C=C\C/C=C(/C(=N\O)C(=O)N[C@H](CN2CCC2)[C@H](O)c2cc(F)c3c(c2)OCCO3)\C=C/1. The highest BCUT2D eigenvalue weighted by Gasteiger charge is 2.31. The molecule has 1 amide bonds. The highest BCUT2D eigenvalue weighted by atomic mass is 35.5. The van der Waals surface area contributed by atoms with E-state index >= 15 is 0 Å². The maximum absolute atomic E-state index is 14.7. The number of ether oxygens (including phenoxy) is 2. The van der Waals surface area contributed by atoms with Crippen LogP contribution in [-0.2, 0) is 4.79 Å². The van der Waals surface area contributed by atoms with Crippen LogP contribution in [0.25, 0.3) is 0 Å². The largest absolute Gasteiger partial charge is 0.486 e. The third-order valence-electron chi connectivity index (χ3n) is 6.20. The molecule has 0 spiro atoms. The molecule has 1 aromatic carbocycles. The number of nitrogens with one attached hydrogen (secondary N) is 1. The standard InChI is InChI=1S/C27H29ClFN3O5/c1-17-7-8-18(5-2-3-6-20(28)13-17)24(31-35)27(34)30-22(16-32-9-4-10-32)25(33)19-14-21(29)26-23(15-19)36-11-12-37-26/h3,5-8,13-15,22,25,33,35H,1-2,4,9-12,16H2,(H,30,34)/b6-3-,8-7-,18-5+,20-13?,31-24+/t22-,25-/m1/s1. The lowest BCUT2D eigenvalue weighted by molar-refractivity contribution is -0.116. The molecule has 1 fully saturated rings. The molecule has 196 valence electrons. The van der Waals surface area contributed by atoms with Gasteiger partial charge in [0.2, 0.25) is 0 Å². The summed E-state index contributed by atoms with van der Waals surface area (Å²) in [7, 11) is 0. The van der Waals surface area contributed by atoms with Gasteiger partial charge in [0.05, 0.1) is 6.04 Å². The lowest BCUT2D eigenvalue weighted by Gasteiger charge is -2.36. The van der Waals surface area contributed by atoms with E-state index in [9.17, 15) is 19.5 Å². The minimum absolute atomic E-state index is 0.00160. The molecule has 3 aliphatic rings. The van der Waals surface area contributed by atoms with Gasteiger partial charge in [-0.2, -0.15) is 0 Å². The molecular weight excluding hydrogens is 501 g/mol. The van der Waals surface area contributed by atoms with Gasteiger partial charge in [-0.25, -0.2) is 4.39 Å². The number of oxime groups is 1. The average molecular weight is 530 g/mol. The number of amides is 1. The Labute approximate surface area is 219 Å². The molecule has 0 bridgehead atoms. The molecule has 10 heteroatoms. The lowest BCUT2D eigenvalue weighted by atomic mass is 9.98. The van der Waals surface area contributed by atoms with Crippen molar-refractivity contribution in [3.8, 4) is 11.5 Å². The quantitative estimate of drug-likeness (QED) is 0.282. The topological polar surface area (TPSA) is 104 Å². The van der Waals surface area contributed by atoms with E-state index in [1.54, 1.807) is 36.5 Å². The molecule has 8 nitrogen and oxygen atoms in total. The first-order valence-corrected chi connectivity index (χ1v) is 12.4. The summed E-state index contributed by atoms with van der Waals surface area (Å²) in [5, 5.41) is 27.5. The van der Waals surface area contributed by atoms with Gasteiger partial charge in [-0.05, 0) is 61.4 Å².